The van der Waals surface area contributed by atoms with Crippen LogP contribution in [-0.4, -0.2) is 31.1 Å². The van der Waals surface area contributed by atoms with Crippen molar-refractivity contribution in [3.63, 3.8) is 0 Å². The van der Waals surface area contributed by atoms with Crippen molar-refractivity contribution < 1.29 is 0 Å². The molecular formula is C12H26N2. The largest absolute Gasteiger partial charge is 0.328 e. The molecule has 0 aromatic heterocycles. The van der Waals surface area contributed by atoms with Crippen LogP contribution < -0.4 is 5.73 Å². The van der Waals surface area contributed by atoms with E-state index in [2.05, 4.69) is 25.8 Å². The van der Waals surface area contributed by atoms with Gasteiger partial charge < -0.3 is 10.6 Å². The zero-order valence-electron chi connectivity index (χ0n) is 10.00. The van der Waals surface area contributed by atoms with E-state index in [9.17, 15) is 0 Å². The van der Waals surface area contributed by atoms with Gasteiger partial charge in [0.25, 0.3) is 0 Å². The molecule has 0 aromatic rings. The van der Waals surface area contributed by atoms with Gasteiger partial charge in [0.1, 0.15) is 0 Å². The number of unbranched alkanes of at least 4 members (excludes halogenated alkanes) is 1. The maximum absolute atomic E-state index is 5.70. The van der Waals surface area contributed by atoms with Crippen LogP contribution in [0.15, 0.2) is 0 Å². The van der Waals surface area contributed by atoms with E-state index in [0.29, 0.717) is 6.04 Å². The minimum absolute atomic E-state index is 0.378. The third-order valence-corrected chi connectivity index (χ3v) is 3.27. The van der Waals surface area contributed by atoms with Crippen LogP contribution in [0.1, 0.15) is 39.5 Å². The van der Waals surface area contributed by atoms with Gasteiger partial charge in [-0.15, -0.1) is 0 Å². The summed E-state index contributed by atoms with van der Waals surface area (Å²) in [4.78, 5) is 2.48. The van der Waals surface area contributed by atoms with Crippen LogP contribution in [0.5, 0.6) is 0 Å². The molecule has 1 aliphatic rings. The van der Waals surface area contributed by atoms with E-state index in [-0.39, 0.29) is 0 Å². The Morgan fingerprint density at radius 2 is 2.07 bits per heavy atom. The molecule has 1 saturated carbocycles. The van der Waals surface area contributed by atoms with Crippen LogP contribution in [-0.2, 0) is 0 Å². The minimum Gasteiger partial charge on any atom is -0.328 e. The first-order chi connectivity index (χ1) is 6.59. The highest BCUT2D eigenvalue weighted by Crippen LogP contribution is 2.37. The molecular weight excluding hydrogens is 172 g/mol. The molecule has 1 rings (SSSR count). The van der Waals surface area contributed by atoms with Crippen LogP contribution in [0.2, 0.25) is 0 Å². The quantitative estimate of drug-likeness (QED) is 0.635. The van der Waals surface area contributed by atoms with Gasteiger partial charge in [-0.2, -0.15) is 0 Å². The highest BCUT2D eigenvalue weighted by molar-refractivity contribution is 4.84. The molecule has 0 spiro atoms. The zero-order chi connectivity index (χ0) is 10.6. The van der Waals surface area contributed by atoms with E-state index in [4.69, 9.17) is 5.73 Å². The highest BCUT2D eigenvalue weighted by atomic mass is 15.1. The average molecular weight is 198 g/mol. The first kappa shape index (κ1) is 12.0. The smallest absolute Gasteiger partial charge is 0.00104 e. The summed E-state index contributed by atoms with van der Waals surface area (Å²) in [6.07, 6.45) is 5.21. The van der Waals surface area contributed by atoms with E-state index in [1.165, 1.54) is 38.8 Å². The second-order valence-electron chi connectivity index (χ2n) is 5.21. The molecule has 2 N–H and O–H groups in total. The van der Waals surface area contributed by atoms with Crippen molar-refractivity contribution in [2.75, 3.05) is 20.1 Å². The van der Waals surface area contributed by atoms with Gasteiger partial charge in [-0.1, -0.05) is 13.3 Å². The lowest BCUT2D eigenvalue weighted by atomic mass is 10.1. The number of hydrogen-bond acceptors (Lipinski definition) is 2. The van der Waals surface area contributed by atoms with Crippen LogP contribution in [0.25, 0.3) is 0 Å². The third kappa shape index (κ3) is 4.97. The molecule has 14 heavy (non-hydrogen) atoms. The van der Waals surface area contributed by atoms with Crippen LogP contribution in [0, 0.1) is 11.8 Å². The van der Waals surface area contributed by atoms with Crippen molar-refractivity contribution in [1.29, 1.82) is 0 Å². The summed E-state index contributed by atoms with van der Waals surface area (Å²) >= 11 is 0. The van der Waals surface area contributed by atoms with E-state index in [1.54, 1.807) is 0 Å². The Morgan fingerprint density at radius 3 is 2.57 bits per heavy atom. The van der Waals surface area contributed by atoms with Gasteiger partial charge in [0.05, 0.1) is 0 Å². The summed E-state index contributed by atoms with van der Waals surface area (Å²) in [7, 11) is 2.25. The van der Waals surface area contributed by atoms with Gasteiger partial charge >= 0.3 is 0 Å². The Morgan fingerprint density at radius 1 is 1.43 bits per heavy atom. The maximum atomic E-state index is 5.70. The lowest BCUT2D eigenvalue weighted by Gasteiger charge is -2.16. The van der Waals surface area contributed by atoms with E-state index in [0.717, 1.165) is 11.8 Å². The molecule has 0 radical (unpaired) electrons. The molecule has 0 saturated heterocycles. The van der Waals surface area contributed by atoms with Crippen LogP contribution in [0.3, 0.4) is 0 Å². The summed E-state index contributed by atoms with van der Waals surface area (Å²) in [5, 5.41) is 0. The Balaban J connectivity index is 1.90. The number of rotatable bonds is 7. The molecule has 0 heterocycles. The molecule has 3 atom stereocenters. The summed E-state index contributed by atoms with van der Waals surface area (Å²) in [5.41, 5.74) is 5.70. The van der Waals surface area contributed by atoms with Gasteiger partial charge in [-0.25, -0.2) is 0 Å². The molecule has 1 aliphatic carbocycles. The molecule has 0 aromatic carbocycles. The Hall–Kier alpha value is -0.0800. The molecule has 3 unspecified atom stereocenters. The standard InChI is InChI=1S/C12H26N2/c1-10-8-12(10)9-14(3)7-5-4-6-11(2)13/h10-12H,4-9,13H2,1-3H3. The predicted molar refractivity (Wildman–Crippen MR) is 62.3 cm³/mol. The Labute approximate surface area is 88.8 Å². The molecule has 2 nitrogen and oxygen atoms in total. The fourth-order valence-corrected chi connectivity index (χ4v) is 1.99. The fraction of sp³-hybridized carbons (Fsp3) is 1.00. The molecule has 0 bridgehead atoms. The Kier molecular flexibility index (Phi) is 4.90. The van der Waals surface area contributed by atoms with Gasteiger partial charge in [-0.05, 0) is 51.6 Å². The summed E-state index contributed by atoms with van der Waals surface area (Å²) in [6, 6.07) is 0.378. The monoisotopic (exact) mass is 198 g/mol. The van der Waals surface area contributed by atoms with E-state index in [1.807, 2.05) is 0 Å². The lowest BCUT2D eigenvalue weighted by Crippen LogP contribution is -2.23. The molecule has 2 heteroatoms. The third-order valence-electron chi connectivity index (χ3n) is 3.27. The van der Waals surface area contributed by atoms with Crippen molar-refractivity contribution in [2.24, 2.45) is 17.6 Å². The molecule has 0 aliphatic heterocycles. The average Bonchev–Trinajstić information content (AvgIpc) is 2.75. The van der Waals surface area contributed by atoms with Crippen molar-refractivity contribution >= 4 is 0 Å². The first-order valence-electron chi connectivity index (χ1n) is 6.03. The van der Waals surface area contributed by atoms with Crippen molar-refractivity contribution in [3.8, 4) is 0 Å². The highest BCUT2D eigenvalue weighted by Gasteiger charge is 2.32. The van der Waals surface area contributed by atoms with Gasteiger partial charge in [-0.3, -0.25) is 0 Å². The normalized spacial score (nSPS) is 28.1. The van der Waals surface area contributed by atoms with Gasteiger partial charge in [0.15, 0.2) is 0 Å². The first-order valence-corrected chi connectivity index (χ1v) is 6.03. The van der Waals surface area contributed by atoms with Crippen molar-refractivity contribution in [1.82, 2.24) is 4.90 Å². The van der Waals surface area contributed by atoms with Gasteiger partial charge in [0.2, 0.25) is 0 Å². The van der Waals surface area contributed by atoms with E-state index < -0.39 is 0 Å². The van der Waals surface area contributed by atoms with Crippen LogP contribution >= 0.6 is 0 Å². The van der Waals surface area contributed by atoms with Crippen molar-refractivity contribution in [2.45, 2.75) is 45.6 Å². The summed E-state index contributed by atoms with van der Waals surface area (Å²) in [5.74, 6) is 1.98. The molecule has 1 fully saturated rings. The number of nitrogens with zero attached hydrogens (tertiary/aromatic N) is 1. The zero-order valence-corrected chi connectivity index (χ0v) is 10.00. The van der Waals surface area contributed by atoms with Crippen LogP contribution in [0.4, 0.5) is 0 Å². The Bertz CT molecular complexity index is 156. The molecule has 0 amide bonds. The van der Waals surface area contributed by atoms with Gasteiger partial charge in [0, 0.05) is 12.6 Å². The predicted octanol–water partition coefficient (Wildman–Crippen LogP) is 2.09. The molecule has 84 valence electrons. The second-order valence-corrected chi connectivity index (χ2v) is 5.21. The number of hydrogen-bond donors (Lipinski definition) is 1. The topological polar surface area (TPSA) is 29.3 Å². The SMILES string of the molecule is CC(N)CCCCN(C)CC1CC1C. The van der Waals surface area contributed by atoms with Crippen molar-refractivity contribution in [3.05, 3.63) is 0 Å². The lowest BCUT2D eigenvalue weighted by molar-refractivity contribution is 0.305. The minimum atomic E-state index is 0.378. The summed E-state index contributed by atoms with van der Waals surface area (Å²) < 4.78 is 0. The number of nitrogens with two attached hydrogens (primary N) is 1. The fourth-order valence-electron chi connectivity index (χ4n) is 1.99. The summed E-state index contributed by atoms with van der Waals surface area (Å²) in [6.45, 7) is 7.00. The van der Waals surface area contributed by atoms with E-state index >= 15 is 0 Å². The second kappa shape index (κ2) is 5.72. The maximum Gasteiger partial charge on any atom is 0.00104 e.